The molecule has 0 saturated heterocycles. The van der Waals surface area contributed by atoms with E-state index in [1.807, 2.05) is 0 Å². The van der Waals surface area contributed by atoms with E-state index in [0.717, 1.165) is 24.0 Å². The summed E-state index contributed by atoms with van der Waals surface area (Å²) in [5.74, 6) is -2.64. The molecular weight excluding hydrogens is 402 g/mol. The topological polar surface area (TPSA) is 92.3 Å². The van der Waals surface area contributed by atoms with Crippen molar-refractivity contribution < 1.29 is 26.8 Å². The lowest BCUT2D eigenvalue weighted by Gasteiger charge is -2.15. The lowest BCUT2D eigenvalue weighted by Crippen LogP contribution is -2.29. The Kier molecular flexibility index (Phi) is 7.44. The molecular formula is C20H22F2N2O4S. The van der Waals surface area contributed by atoms with Crippen LogP contribution in [0.5, 0.6) is 0 Å². The number of sulfone groups is 1. The van der Waals surface area contributed by atoms with Crippen LogP contribution >= 0.6 is 0 Å². The lowest BCUT2D eigenvalue weighted by molar-refractivity contribution is -0.121. The molecule has 2 rings (SSSR count). The Bertz CT molecular complexity index is 992. The maximum atomic E-state index is 13.5. The molecule has 0 aromatic heterocycles. The van der Waals surface area contributed by atoms with Crippen molar-refractivity contribution in [1.82, 2.24) is 10.6 Å². The van der Waals surface area contributed by atoms with Gasteiger partial charge in [-0.15, -0.1) is 0 Å². The van der Waals surface area contributed by atoms with Crippen molar-refractivity contribution in [3.8, 4) is 0 Å². The second kappa shape index (κ2) is 9.60. The number of amides is 2. The minimum absolute atomic E-state index is 0.137. The summed E-state index contributed by atoms with van der Waals surface area (Å²) in [5, 5.41) is 5.27. The van der Waals surface area contributed by atoms with Crippen LogP contribution in [-0.2, 0) is 14.6 Å². The molecule has 156 valence electrons. The molecule has 0 bridgehead atoms. The number of hydrogen-bond acceptors (Lipinski definition) is 4. The minimum atomic E-state index is -3.28. The van der Waals surface area contributed by atoms with Gasteiger partial charge in [0.15, 0.2) is 9.84 Å². The Balaban J connectivity index is 1.77. The Morgan fingerprint density at radius 1 is 1.07 bits per heavy atom. The first-order chi connectivity index (χ1) is 13.6. The number of carbonyl (C=O) groups excluding carboxylic acids is 2. The Hall–Kier alpha value is -2.81. The summed E-state index contributed by atoms with van der Waals surface area (Å²) < 4.78 is 49.3. The predicted molar refractivity (Wildman–Crippen MR) is 104 cm³/mol. The maximum Gasteiger partial charge on any atom is 0.254 e. The molecule has 0 heterocycles. The highest BCUT2D eigenvalue weighted by Crippen LogP contribution is 2.16. The first kappa shape index (κ1) is 22.5. The number of carbonyl (C=O) groups is 2. The van der Waals surface area contributed by atoms with Crippen LogP contribution in [-0.4, -0.2) is 33.0 Å². The summed E-state index contributed by atoms with van der Waals surface area (Å²) in [6, 6.07) is 8.61. The highest BCUT2D eigenvalue weighted by atomic mass is 32.2. The van der Waals surface area contributed by atoms with Crippen molar-refractivity contribution in [3.63, 3.8) is 0 Å². The van der Waals surface area contributed by atoms with Gasteiger partial charge in [-0.1, -0.05) is 12.1 Å². The first-order valence-corrected chi connectivity index (χ1v) is 10.8. The molecule has 0 spiro atoms. The minimum Gasteiger partial charge on any atom is -0.352 e. The molecule has 1 atom stereocenters. The van der Waals surface area contributed by atoms with E-state index in [1.165, 1.54) is 12.1 Å². The quantitative estimate of drug-likeness (QED) is 0.638. The summed E-state index contributed by atoms with van der Waals surface area (Å²) in [6.07, 6.45) is 1.59. The number of nitrogens with one attached hydrogen (secondary N) is 2. The van der Waals surface area contributed by atoms with Gasteiger partial charge in [-0.3, -0.25) is 9.59 Å². The van der Waals surface area contributed by atoms with Gasteiger partial charge in [0.25, 0.3) is 5.91 Å². The zero-order valence-corrected chi connectivity index (χ0v) is 16.9. The van der Waals surface area contributed by atoms with Crippen LogP contribution in [0.1, 0.15) is 41.7 Å². The van der Waals surface area contributed by atoms with Gasteiger partial charge in [0.05, 0.1) is 16.5 Å². The van der Waals surface area contributed by atoms with Crippen LogP contribution in [0, 0.1) is 11.6 Å². The fourth-order valence-electron chi connectivity index (χ4n) is 2.62. The summed E-state index contributed by atoms with van der Waals surface area (Å²) in [5.41, 5.74) is 0.493. The van der Waals surface area contributed by atoms with Gasteiger partial charge < -0.3 is 10.6 Å². The smallest absolute Gasteiger partial charge is 0.254 e. The second-order valence-electron chi connectivity index (χ2n) is 6.61. The summed E-state index contributed by atoms with van der Waals surface area (Å²) in [4.78, 5) is 24.1. The van der Waals surface area contributed by atoms with Crippen molar-refractivity contribution in [3.05, 3.63) is 65.2 Å². The third-order valence-corrected chi connectivity index (χ3v) is 5.36. The van der Waals surface area contributed by atoms with Gasteiger partial charge >= 0.3 is 0 Å². The second-order valence-corrected chi connectivity index (χ2v) is 8.63. The van der Waals surface area contributed by atoms with E-state index >= 15 is 0 Å². The van der Waals surface area contributed by atoms with E-state index in [0.29, 0.717) is 12.5 Å². The van der Waals surface area contributed by atoms with E-state index in [9.17, 15) is 26.8 Å². The molecule has 0 unspecified atom stereocenters. The van der Waals surface area contributed by atoms with Gasteiger partial charge in [0.1, 0.15) is 11.6 Å². The van der Waals surface area contributed by atoms with Crippen LogP contribution in [0.3, 0.4) is 0 Å². The average Bonchev–Trinajstić information content (AvgIpc) is 2.64. The van der Waals surface area contributed by atoms with Crippen molar-refractivity contribution in [1.29, 1.82) is 0 Å². The number of halogens is 2. The standard InChI is InChI=1S/C20H22F2N2O4S/c1-13(14-5-8-16(9-6-14)29(2,27)28)24-19(25)4-3-11-23-20(26)17-10-7-15(21)12-18(17)22/h5-10,12-13H,3-4,11H2,1-2H3,(H,23,26)(H,24,25)/t13-/m1/s1. The molecule has 29 heavy (non-hydrogen) atoms. The monoisotopic (exact) mass is 424 g/mol. The fraction of sp³-hybridized carbons (Fsp3) is 0.300. The third-order valence-electron chi connectivity index (χ3n) is 4.23. The molecule has 2 aromatic rings. The van der Waals surface area contributed by atoms with Crippen LogP contribution in [0.15, 0.2) is 47.4 Å². The Morgan fingerprint density at radius 2 is 1.72 bits per heavy atom. The summed E-state index contributed by atoms with van der Waals surface area (Å²) in [7, 11) is -3.28. The van der Waals surface area contributed by atoms with E-state index in [-0.39, 0.29) is 35.4 Å². The molecule has 0 saturated carbocycles. The molecule has 9 heteroatoms. The van der Waals surface area contributed by atoms with Gasteiger partial charge in [0.2, 0.25) is 5.91 Å². The molecule has 6 nitrogen and oxygen atoms in total. The van der Waals surface area contributed by atoms with Crippen LogP contribution in [0.2, 0.25) is 0 Å². The normalized spacial score (nSPS) is 12.3. The zero-order chi connectivity index (χ0) is 21.6. The van der Waals surface area contributed by atoms with Gasteiger partial charge in [-0.25, -0.2) is 17.2 Å². The Morgan fingerprint density at radius 3 is 2.31 bits per heavy atom. The van der Waals surface area contributed by atoms with E-state index in [2.05, 4.69) is 10.6 Å². The molecule has 0 aliphatic rings. The van der Waals surface area contributed by atoms with E-state index < -0.39 is 27.4 Å². The SMILES string of the molecule is C[C@@H](NC(=O)CCCNC(=O)c1ccc(F)cc1F)c1ccc(S(C)(=O)=O)cc1. The van der Waals surface area contributed by atoms with E-state index in [1.54, 1.807) is 19.1 Å². The van der Waals surface area contributed by atoms with Crippen molar-refractivity contribution in [2.75, 3.05) is 12.8 Å². The van der Waals surface area contributed by atoms with Crippen molar-refractivity contribution >= 4 is 21.7 Å². The van der Waals surface area contributed by atoms with Gasteiger partial charge in [-0.2, -0.15) is 0 Å². The maximum absolute atomic E-state index is 13.5. The number of rotatable bonds is 8. The molecule has 0 aliphatic carbocycles. The molecule has 0 aliphatic heterocycles. The molecule has 2 amide bonds. The van der Waals surface area contributed by atoms with Crippen molar-refractivity contribution in [2.45, 2.75) is 30.7 Å². The van der Waals surface area contributed by atoms with E-state index in [4.69, 9.17) is 0 Å². The highest BCUT2D eigenvalue weighted by Gasteiger charge is 2.14. The predicted octanol–water partition coefficient (Wildman–Crippen LogP) is 2.76. The Labute approximate surface area is 168 Å². The first-order valence-electron chi connectivity index (χ1n) is 8.90. The lowest BCUT2D eigenvalue weighted by atomic mass is 10.1. The van der Waals surface area contributed by atoms with Crippen LogP contribution < -0.4 is 10.6 Å². The zero-order valence-electron chi connectivity index (χ0n) is 16.0. The summed E-state index contributed by atoms with van der Waals surface area (Å²) >= 11 is 0. The molecule has 0 fully saturated rings. The third kappa shape index (κ3) is 6.63. The van der Waals surface area contributed by atoms with Gasteiger partial charge in [-0.05, 0) is 43.2 Å². The van der Waals surface area contributed by atoms with Crippen LogP contribution in [0.4, 0.5) is 8.78 Å². The fourth-order valence-corrected chi connectivity index (χ4v) is 3.25. The highest BCUT2D eigenvalue weighted by molar-refractivity contribution is 7.90. The molecule has 2 N–H and O–H groups in total. The largest absolute Gasteiger partial charge is 0.352 e. The number of hydrogen-bond donors (Lipinski definition) is 2. The number of benzene rings is 2. The molecule has 2 aromatic carbocycles. The van der Waals surface area contributed by atoms with Crippen LogP contribution in [0.25, 0.3) is 0 Å². The molecule has 0 radical (unpaired) electrons. The average molecular weight is 424 g/mol. The van der Waals surface area contributed by atoms with Crippen molar-refractivity contribution in [2.24, 2.45) is 0 Å². The van der Waals surface area contributed by atoms with Gasteiger partial charge in [0, 0.05) is 25.3 Å². The summed E-state index contributed by atoms with van der Waals surface area (Å²) in [6.45, 7) is 1.92.